The fraction of sp³-hybridized carbons (Fsp3) is 0.278. The fourth-order valence-electron chi connectivity index (χ4n) is 3.42. The van der Waals surface area contributed by atoms with Crippen LogP contribution in [0.15, 0.2) is 24.8 Å². The van der Waals surface area contributed by atoms with Crippen molar-refractivity contribution in [2.75, 3.05) is 14.2 Å². The maximum absolute atomic E-state index is 6.51. The number of nitrogens with zero attached hydrogens (tertiary/aromatic N) is 5. The van der Waals surface area contributed by atoms with Crippen LogP contribution in [0.3, 0.4) is 0 Å². The summed E-state index contributed by atoms with van der Waals surface area (Å²) in [5.41, 5.74) is 3.66. The van der Waals surface area contributed by atoms with Crippen LogP contribution in [0.5, 0.6) is 5.75 Å². The van der Waals surface area contributed by atoms with Gasteiger partial charge in [-0.1, -0.05) is 11.6 Å². The first-order valence-corrected chi connectivity index (χ1v) is 8.69. The van der Waals surface area contributed by atoms with Gasteiger partial charge in [0, 0.05) is 31.9 Å². The van der Waals surface area contributed by atoms with Crippen molar-refractivity contribution in [2.45, 2.75) is 13.5 Å². The van der Waals surface area contributed by atoms with Gasteiger partial charge in [0.1, 0.15) is 18.1 Å². The summed E-state index contributed by atoms with van der Waals surface area (Å²) < 4.78 is 14.6. The summed E-state index contributed by atoms with van der Waals surface area (Å²) in [6, 6.07) is 1.94. The van der Waals surface area contributed by atoms with Crippen LogP contribution in [0.25, 0.3) is 28.1 Å². The molecule has 0 atom stereocenters. The van der Waals surface area contributed by atoms with Crippen LogP contribution in [0.4, 0.5) is 0 Å². The number of methoxy groups -OCH3 is 2. The molecule has 0 amide bonds. The lowest BCUT2D eigenvalue weighted by Crippen LogP contribution is -1.99. The van der Waals surface area contributed by atoms with E-state index in [9.17, 15) is 0 Å². The van der Waals surface area contributed by atoms with E-state index in [1.807, 2.05) is 35.4 Å². The van der Waals surface area contributed by atoms with E-state index in [4.69, 9.17) is 21.1 Å². The van der Waals surface area contributed by atoms with E-state index >= 15 is 0 Å². The SMILES string of the molecule is COCc1nc(-c2c(-n3ccnc3)c3cc(OC)c(Cl)c(C)c3n2C)n[nH]1. The summed E-state index contributed by atoms with van der Waals surface area (Å²) in [5.74, 6) is 1.84. The number of hydrogen-bond acceptors (Lipinski definition) is 5. The molecule has 3 aromatic heterocycles. The van der Waals surface area contributed by atoms with Crippen molar-refractivity contribution in [3.63, 3.8) is 0 Å². The number of ether oxygens (including phenoxy) is 2. The number of aryl methyl sites for hydroxylation is 2. The maximum atomic E-state index is 6.51. The highest BCUT2D eigenvalue weighted by Crippen LogP contribution is 2.41. The molecule has 0 aliphatic heterocycles. The number of rotatable bonds is 5. The minimum atomic E-state index is 0.357. The van der Waals surface area contributed by atoms with Gasteiger partial charge in [-0.2, -0.15) is 5.10 Å². The quantitative estimate of drug-likeness (QED) is 0.569. The minimum absolute atomic E-state index is 0.357. The van der Waals surface area contributed by atoms with E-state index in [1.54, 1.807) is 26.7 Å². The monoisotopic (exact) mass is 386 g/mol. The van der Waals surface area contributed by atoms with E-state index in [-0.39, 0.29) is 0 Å². The van der Waals surface area contributed by atoms with E-state index in [0.29, 0.717) is 29.0 Å². The summed E-state index contributed by atoms with van der Waals surface area (Å²) >= 11 is 6.51. The number of aromatic amines is 1. The molecule has 1 aromatic carbocycles. The predicted molar refractivity (Wildman–Crippen MR) is 102 cm³/mol. The molecule has 0 saturated carbocycles. The lowest BCUT2D eigenvalue weighted by Gasteiger charge is -2.09. The van der Waals surface area contributed by atoms with Gasteiger partial charge in [-0.3, -0.25) is 5.10 Å². The Morgan fingerprint density at radius 2 is 2.11 bits per heavy atom. The molecule has 0 spiro atoms. The molecule has 0 radical (unpaired) electrons. The number of halogens is 1. The van der Waals surface area contributed by atoms with Crippen molar-refractivity contribution in [2.24, 2.45) is 7.05 Å². The van der Waals surface area contributed by atoms with E-state index in [0.717, 1.165) is 27.8 Å². The molecular weight excluding hydrogens is 368 g/mol. The third-order valence-electron chi connectivity index (χ3n) is 4.59. The predicted octanol–water partition coefficient (Wildman–Crippen LogP) is 3.27. The fourth-order valence-corrected chi connectivity index (χ4v) is 3.65. The molecule has 8 nitrogen and oxygen atoms in total. The smallest absolute Gasteiger partial charge is 0.200 e. The molecule has 0 saturated heterocycles. The Balaban J connectivity index is 2.09. The molecule has 0 bridgehead atoms. The second-order valence-corrected chi connectivity index (χ2v) is 6.56. The second kappa shape index (κ2) is 6.71. The number of hydrogen-bond donors (Lipinski definition) is 1. The third kappa shape index (κ3) is 2.68. The van der Waals surface area contributed by atoms with Gasteiger partial charge < -0.3 is 18.6 Å². The van der Waals surface area contributed by atoms with E-state index in [1.165, 1.54) is 0 Å². The molecule has 0 aliphatic carbocycles. The van der Waals surface area contributed by atoms with Crippen LogP contribution in [0, 0.1) is 6.92 Å². The summed E-state index contributed by atoms with van der Waals surface area (Å²) in [6.45, 7) is 2.33. The zero-order valence-electron chi connectivity index (χ0n) is 15.4. The van der Waals surface area contributed by atoms with Crippen molar-refractivity contribution < 1.29 is 9.47 Å². The number of nitrogens with one attached hydrogen (secondary N) is 1. The van der Waals surface area contributed by atoms with Crippen LogP contribution in [-0.2, 0) is 18.4 Å². The average molecular weight is 387 g/mol. The van der Waals surface area contributed by atoms with E-state index < -0.39 is 0 Å². The van der Waals surface area contributed by atoms with E-state index in [2.05, 4.69) is 20.2 Å². The Bertz CT molecular complexity index is 1110. The highest BCUT2D eigenvalue weighted by atomic mass is 35.5. The Labute approximate surface area is 160 Å². The molecule has 4 rings (SSSR count). The second-order valence-electron chi connectivity index (χ2n) is 6.18. The molecule has 0 unspecified atom stereocenters. The van der Waals surface area contributed by atoms with Gasteiger partial charge in [0.2, 0.25) is 0 Å². The van der Waals surface area contributed by atoms with Gasteiger partial charge in [-0.15, -0.1) is 0 Å². The number of fused-ring (bicyclic) bond motifs is 1. The molecule has 140 valence electrons. The molecule has 0 aliphatic rings. The topological polar surface area (TPSA) is 82.8 Å². The largest absolute Gasteiger partial charge is 0.495 e. The van der Waals surface area contributed by atoms with Crippen LogP contribution in [-0.4, -0.2) is 43.5 Å². The normalized spacial score (nSPS) is 11.4. The lowest BCUT2D eigenvalue weighted by molar-refractivity contribution is 0.178. The first kappa shape index (κ1) is 17.6. The molecule has 1 N–H and O–H groups in total. The summed E-state index contributed by atoms with van der Waals surface area (Å²) in [4.78, 5) is 8.78. The highest BCUT2D eigenvalue weighted by molar-refractivity contribution is 6.34. The summed E-state index contributed by atoms with van der Waals surface area (Å²) in [7, 11) is 5.20. The highest BCUT2D eigenvalue weighted by Gasteiger charge is 2.25. The number of H-pyrrole nitrogens is 1. The van der Waals surface area contributed by atoms with Gasteiger partial charge in [0.25, 0.3) is 0 Å². The summed E-state index contributed by atoms with van der Waals surface area (Å²) in [5, 5.41) is 8.88. The third-order valence-corrected chi connectivity index (χ3v) is 5.06. The van der Waals surface area contributed by atoms with Crippen molar-refractivity contribution in [3.8, 4) is 23.0 Å². The van der Waals surface area contributed by atoms with Crippen LogP contribution < -0.4 is 4.74 Å². The van der Waals surface area contributed by atoms with Crippen LogP contribution >= 0.6 is 11.6 Å². The number of imidazole rings is 1. The Kier molecular flexibility index (Phi) is 4.37. The maximum Gasteiger partial charge on any atom is 0.200 e. The van der Waals surface area contributed by atoms with Gasteiger partial charge in [-0.05, 0) is 18.6 Å². The number of aromatic nitrogens is 6. The average Bonchev–Trinajstić information content (AvgIpc) is 3.37. The van der Waals surface area contributed by atoms with Crippen molar-refractivity contribution in [1.82, 2.24) is 29.3 Å². The van der Waals surface area contributed by atoms with Crippen molar-refractivity contribution >= 4 is 22.5 Å². The molecule has 0 fully saturated rings. The standard InChI is InChI=1S/C18H19ClN6O2/c1-10-14(19)12(27-4)7-11-15(10)24(2)17(16(11)25-6-5-20-9-25)18-21-13(8-26-3)22-23-18/h5-7,9H,8H2,1-4H3,(H,21,22,23). The van der Waals surface area contributed by atoms with Crippen molar-refractivity contribution in [3.05, 3.63) is 41.2 Å². The minimum Gasteiger partial charge on any atom is -0.495 e. The van der Waals surface area contributed by atoms with Crippen molar-refractivity contribution in [1.29, 1.82) is 0 Å². The Morgan fingerprint density at radius 1 is 1.30 bits per heavy atom. The molecular formula is C18H19ClN6O2. The first-order chi connectivity index (χ1) is 13.1. The number of benzene rings is 1. The zero-order chi connectivity index (χ0) is 19.1. The molecule has 27 heavy (non-hydrogen) atoms. The Morgan fingerprint density at radius 3 is 2.78 bits per heavy atom. The van der Waals surface area contributed by atoms with Gasteiger partial charge in [0.05, 0.1) is 29.7 Å². The summed E-state index contributed by atoms with van der Waals surface area (Å²) in [6.07, 6.45) is 5.37. The van der Waals surface area contributed by atoms with Gasteiger partial charge in [0.15, 0.2) is 11.6 Å². The van der Waals surface area contributed by atoms with Crippen LogP contribution in [0.2, 0.25) is 5.02 Å². The van der Waals surface area contributed by atoms with Gasteiger partial charge >= 0.3 is 0 Å². The molecule has 3 heterocycles. The van der Waals surface area contributed by atoms with Gasteiger partial charge in [-0.25, -0.2) is 9.97 Å². The Hall–Kier alpha value is -2.84. The first-order valence-electron chi connectivity index (χ1n) is 8.31. The zero-order valence-corrected chi connectivity index (χ0v) is 16.2. The molecule has 4 aromatic rings. The van der Waals surface area contributed by atoms with Crippen LogP contribution in [0.1, 0.15) is 11.4 Å². The lowest BCUT2D eigenvalue weighted by atomic mass is 10.1. The molecule has 9 heteroatoms.